The average Bonchev–Trinajstić information content (AvgIpc) is 2.73. The van der Waals surface area contributed by atoms with E-state index in [0.717, 1.165) is 70.3 Å². The molecule has 1 aromatic rings. The van der Waals surface area contributed by atoms with Crippen LogP contribution in [0.5, 0.6) is 0 Å². The van der Waals surface area contributed by atoms with Gasteiger partial charge in [-0.1, -0.05) is 20.3 Å². The normalized spacial score (nSPS) is 23.0. The number of ether oxygens (including phenoxy) is 1. The van der Waals surface area contributed by atoms with Crippen LogP contribution in [0.2, 0.25) is 0 Å². The minimum absolute atomic E-state index is 0.0482. The molecule has 2 aliphatic rings. The van der Waals surface area contributed by atoms with Crippen LogP contribution in [0.25, 0.3) is 0 Å². The lowest BCUT2D eigenvalue weighted by atomic mass is 9.98. The Hall–Kier alpha value is -1.93. The van der Waals surface area contributed by atoms with Crippen molar-refractivity contribution in [1.29, 1.82) is 0 Å². The molecule has 3 unspecified atom stereocenters. The van der Waals surface area contributed by atoms with E-state index in [-0.39, 0.29) is 17.9 Å². The fourth-order valence-corrected chi connectivity index (χ4v) is 3.59. The third kappa shape index (κ3) is 5.07. The van der Waals surface area contributed by atoms with E-state index in [1.807, 2.05) is 13.0 Å². The van der Waals surface area contributed by atoms with Crippen molar-refractivity contribution in [3.05, 3.63) is 12.4 Å². The van der Waals surface area contributed by atoms with Crippen LogP contribution in [0.3, 0.4) is 0 Å². The maximum Gasteiger partial charge on any atom is 0.237 e. The first-order valence-corrected chi connectivity index (χ1v) is 10.0. The van der Waals surface area contributed by atoms with Gasteiger partial charge in [-0.2, -0.15) is 0 Å². The second kappa shape index (κ2) is 9.32. The van der Waals surface area contributed by atoms with Gasteiger partial charge >= 0.3 is 0 Å². The third-order valence-electron chi connectivity index (χ3n) is 5.62. The van der Waals surface area contributed by atoms with Crippen LogP contribution in [0, 0.1) is 5.92 Å². The van der Waals surface area contributed by atoms with E-state index < -0.39 is 6.04 Å². The molecule has 3 heterocycles. The zero-order valence-electron chi connectivity index (χ0n) is 16.4. The molecule has 8 nitrogen and oxygen atoms in total. The number of piperidine rings is 1. The van der Waals surface area contributed by atoms with E-state index in [9.17, 15) is 4.79 Å². The maximum absolute atomic E-state index is 12.4. The smallest absolute Gasteiger partial charge is 0.237 e. The van der Waals surface area contributed by atoms with Crippen LogP contribution in [0.4, 0.5) is 11.6 Å². The van der Waals surface area contributed by atoms with Crippen molar-refractivity contribution >= 4 is 17.5 Å². The summed E-state index contributed by atoms with van der Waals surface area (Å²) in [5, 5.41) is 3.14. The summed E-state index contributed by atoms with van der Waals surface area (Å²) in [4.78, 5) is 25.8. The van der Waals surface area contributed by atoms with Crippen LogP contribution in [0.1, 0.15) is 33.1 Å². The number of carbonyl (C=O) groups excluding carboxylic acids is 1. The first kappa shape index (κ1) is 19.8. The van der Waals surface area contributed by atoms with Gasteiger partial charge in [0.2, 0.25) is 5.91 Å². The first-order chi connectivity index (χ1) is 13.1. The number of morpholine rings is 1. The highest BCUT2D eigenvalue weighted by atomic mass is 16.5. The van der Waals surface area contributed by atoms with Crippen molar-refractivity contribution in [3.63, 3.8) is 0 Å². The fourth-order valence-electron chi connectivity index (χ4n) is 3.59. The van der Waals surface area contributed by atoms with Gasteiger partial charge in [-0.05, 0) is 18.8 Å². The topological polar surface area (TPSA) is 96.6 Å². The minimum atomic E-state index is -0.447. The van der Waals surface area contributed by atoms with Crippen molar-refractivity contribution in [1.82, 2.24) is 15.3 Å². The molecular formula is C19H32N6O2. The monoisotopic (exact) mass is 376 g/mol. The fraction of sp³-hybridized carbons (Fsp3) is 0.737. The van der Waals surface area contributed by atoms with Crippen molar-refractivity contribution in [3.8, 4) is 0 Å². The number of anilines is 2. The van der Waals surface area contributed by atoms with E-state index in [2.05, 4.69) is 32.0 Å². The minimum Gasteiger partial charge on any atom is -0.378 e. The van der Waals surface area contributed by atoms with Gasteiger partial charge in [-0.25, -0.2) is 9.97 Å². The predicted molar refractivity (Wildman–Crippen MR) is 106 cm³/mol. The number of aromatic nitrogens is 2. The Morgan fingerprint density at radius 2 is 2.00 bits per heavy atom. The number of carbonyl (C=O) groups is 1. The molecular weight excluding hydrogens is 344 g/mol. The van der Waals surface area contributed by atoms with Crippen LogP contribution < -0.4 is 20.9 Å². The molecule has 2 aliphatic heterocycles. The summed E-state index contributed by atoms with van der Waals surface area (Å²) in [6.45, 7) is 8.92. The summed E-state index contributed by atoms with van der Waals surface area (Å²) in [7, 11) is 0. The summed E-state index contributed by atoms with van der Waals surface area (Å²) >= 11 is 0. The van der Waals surface area contributed by atoms with Gasteiger partial charge in [-0.15, -0.1) is 0 Å². The number of nitrogens with one attached hydrogen (secondary N) is 1. The lowest BCUT2D eigenvalue weighted by Gasteiger charge is -2.35. The van der Waals surface area contributed by atoms with Gasteiger partial charge in [0.1, 0.15) is 18.0 Å². The van der Waals surface area contributed by atoms with Crippen LogP contribution in [0.15, 0.2) is 12.4 Å². The lowest BCUT2D eigenvalue weighted by molar-refractivity contribution is -0.124. The molecule has 0 aromatic carbocycles. The Kier molecular flexibility index (Phi) is 6.84. The summed E-state index contributed by atoms with van der Waals surface area (Å²) in [5.41, 5.74) is 6.07. The summed E-state index contributed by atoms with van der Waals surface area (Å²) in [5.74, 6) is 1.99. The molecule has 0 spiro atoms. The lowest BCUT2D eigenvalue weighted by Crippen LogP contribution is -2.53. The summed E-state index contributed by atoms with van der Waals surface area (Å²) < 4.78 is 5.42. The van der Waals surface area contributed by atoms with Crippen LogP contribution in [-0.4, -0.2) is 67.4 Å². The first-order valence-electron chi connectivity index (χ1n) is 10.0. The van der Waals surface area contributed by atoms with E-state index in [0.29, 0.717) is 0 Å². The number of amides is 1. The second-order valence-electron chi connectivity index (χ2n) is 7.54. The molecule has 8 heteroatoms. The number of nitrogens with two attached hydrogens (primary N) is 1. The molecule has 0 aliphatic carbocycles. The Labute approximate surface area is 161 Å². The van der Waals surface area contributed by atoms with E-state index in [1.165, 1.54) is 0 Å². The molecule has 2 saturated heterocycles. The summed E-state index contributed by atoms with van der Waals surface area (Å²) in [6.07, 6.45) is 4.51. The molecule has 150 valence electrons. The standard InChI is InChI=1S/C19H32N6O2/c1-3-14(2)18(20)19(26)23-15-5-4-6-25(12-15)17-11-16(21-13-22-17)24-7-9-27-10-8-24/h11,13-15,18H,3-10,12,20H2,1-2H3,(H,23,26). The molecule has 0 bridgehead atoms. The largest absolute Gasteiger partial charge is 0.378 e. The molecule has 1 aromatic heterocycles. The van der Waals surface area contributed by atoms with Gasteiger partial charge in [0, 0.05) is 38.3 Å². The highest BCUT2D eigenvalue weighted by Gasteiger charge is 2.26. The van der Waals surface area contributed by atoms with Crippen LogP contribution >= 0.6 is 0 Å². The zero-order valence-corrected chi connectivity index (χ0v) is 16.4. The Morgan fingerprint density at radius 1 is 1.30 bits per heavy atom. The highest BCUT2D eigenvalue weighted by Crippen LogP contribution is 2.22. The molecule has 27 heavy (non-hydrogen) atoms. The molecule has 0 saturated carbocycles. The van der Waals surface area contributed by atoms with Gasteiger partial charge in [0.25, 0.3) is 0 Å². The number of hydrogen-bond acceptors (Lipinski definition) is 7. The molecule has 0 radical (unpaired) electrons. The average molecular weight is 377 g/mol. The number of rotatable bonds is 6. The third-order valence-corrected chi connectivity index (χ3v) is 5.62. The second-order valence-corrected chi connectivity index (χ2v) is 7.54. The van der Waals surface area contributed by atoms with Crippen molar-refractivity contribution in [2.45, 2.75) is 45.2 Å². The molecule has 1 amide bonds. The number of hydrogen-bond donors (Lipinski definition) is 2. The van der Waals surface area contributed by atoms with E-state index in [4.69, 9.17) is 10.5 Å². The maximum atomic E-state index is 12.4. The Balaban J connectivity index is 1.61. The number of nitrogens with zero attached hydrogens (tertiary/aromatic N) is 4. The Morgan fingerprint density at radius 3 is 2.70 bits per heavy atom. The van der Waals surface area contributed by atoms with Gasteiger partial charge in [0.05, 0.1) is 19.3 Å². The predicted octanol–water partition coefficient (Wildman–Crippen LogP) is 0.772. The zero-order chi connectivity index (χ0) is 19.2. The Bertz CT molecular complexity index is 622. The van der Waals surface area contributed by atoms with Crippen molar-refractivity contribution in [2.24, 2.45) is 11.7 Å². The summed E-state index contributed by atoms with van der Waals surface area (Å²) in [6, 6.07) is 1.70. The van der Waals surface area contributed by atoms with Crippen LogP contribution in [-0.2, 0) is 9.53 Å². The molecule has 2 fully saturated rings. The van der Waals surface area contributed by atoms with Gasteiger partial charge < -0.3 is 25.6 Å². The molecule has 3 rings (SSSR count). The quantitative estimate of drug-likeness (QED) is 0.757. The van der Waals surface area contributed by atoms with E-state index in [1.54, 1.807) is 6.33 Å². The van der Waals surface area contributed by atoms with Gasteiger partial charge in [0.15, 0.2) is 0 Å². The van der Waals surface area contributed by atoms with Crippen molar-refractivity contribution in [2.75, 3.05) is 49.2 Å². The van der Waals surface area contributed by atoms with Crippen molar-refractivity contribution < 1.29 is 9.53 Å². The molecule has 3 atom stereocenters. The van der Waals surface area contributed by atoms with Gasteiger partial charge in [-0.3, -0.25) is 4.79 Å². The molecule has 3 N–H and O–H groups in total. The highest BCUT2D eigenvalue weighted by molar-refractivity contribution is 5.82. The van der Waals surface area contributed by atoms with E-state index >= 15 is 0 Å². The SMILES string of the molecule is CCC(C)C(N)C(=O)NC1CCCN(c2cc(N3CCOCC3)ncn2)C1.